The van der Waals surface area contributed by atoms with Crippen molar-refractivity contribution in [3.63, 3.8) is 0 Å². The smallest absolute Gasteiger partial charge is 0.271 e. The number of hydrogen-bond acceptors (Lipinski definition) is 7. The van der Waals surface area contributed by atoms with Gasteiger partial charge in [0.15, 0.2) is 0 Å². The topological polar surface area (TPSA) is 125 Å². The molecular weight excluding hydrogens is 314 g/mol. The van der Waals surface area contributed by atoms with Gasteiger partial charge in [0, 0.05) is 6.92 Å². The summed E-state index contributed by atoms with van der Waals surface area (Å²) in [4.78, 5) is 10.9. The summed E-state index contributed by atoms with van der Waals surface area (Å²) in [6.07, 6.45) is 3.59. The fraction of sp³-hybridized carbons (Fsp3) is 0.636. The summed E-state index contributed by atoms with van der Waals surface area (Å²) in [5.74, 6) is -0.358. The maximum Gasteiger partial charge on any atom is 0.271 e. The average Bonchev–Trinajstić information content (AvgIpc) is 2.88. The van der Waals surface area contributed by atoms with Crippen LogP contribution >= 0.6 is 11.3 Å². The van der Waals surface area contributed by atoms with Crippen LogP contribution in [-0.2, 0) is 14.8 Å². The Bertz CT molecular complexity index is 670. The first kappa shape index (κ1) is 15.8. The Morgan fingerprint density at radius 3 is 2.57 bits per heavy atom. The average molecular weight is 329 g/mol. The van der Waals surface area contributed by atoms with E-state index in [-0.39, 0.29) is 15.4 Å². The summed E-state index contributed by atoms with van der Waals surface area (Å²) in [7, 11) is -3.92. The lowest BCUT2D eigenvalue weighted by molar-refractivity contribution is -0.114. The molecule has 114 valence electrons. The van der Waals surface area contributed by atoms with E-state index < -0.39 is 15.6 Å². The largest absolute Gasteiger partial charge is 0.301 e. The molecule has 10 heteroatoms. The number of nitrogens with zero attached hydrogens (tertiary/aromatic N) is 3. The van der Waals surface area contributed by atoms with Gasteiger partial charge in [-0.2, -0.15) is 9.98 Å². The van der Waals surface area contributed by atoms with E-state index in [0.717, 1.165) is 30.6 Å². The van der Waals surface area contributed by atoms with Gasteiger partial charge in [-0.3, -0.25) is 4.79 Å². The van der Waals surface area contributed by atoms with E-state index in [4.69, 9.17) is 0 Å². The standard InChI is InChI=1S/C11H15N5O3S2/c1-8(17)13-9-14-15-10(20-9)21(18,19)16-11(7-12)5-3-2-4-6-11/h16H,2-6H2,1H3,(H,13,14,17). The van der Waals surface area contributed by atoms with E-state index in [1.807, 2.05) is 0 Å². The third-order valence-electron chi connectivity index (χ3n) is 3.17. The van der Waals surface area contributed by atoms with Crippen LogP contribution in [0.5, 0.6) is 0 Å². The van der Waals surface area contributed by atoms with Crippen molar-refractivity contribution in [1.82, 2.24) is 14.9 Å². The monoisotopic (exact) mass is 329 g/mol. The van der Waals surface area contributed by atoms with Gasteiger partial charge >= 0.3 is 0 Å². The fourth-order valence-corrected chi connectivity index (χ4v) is 4.54. The number of carbonyl (C=O) groups is 1. The van der Waals surface area contributed by atoms with E-state index in [0.29, 0.717) is 12.8 Å². The normalized spacial score (nSPS) is 17.9. The zero-order valence-electron chi connectivity index (χ0n) is 11.4. The molecule has 0 spiro atoms. The van der Waals surface area contributed by atoms with Gasteiger partial charge in [0.1, 0.15) is 5.54 Å². The number of carbonyl (C=O) groups excluding carboxylic acids is 1. The Hall–Kier alpha value is -1.57. The summed E-state index contributed by atoms with van der Waals surface area (Å²) in [5, 5.41) is 19.0. The zero-order valence-corrected chi connectivity index (χ0v) is 13.1. The highest BCUT2D eigenvalue weighted by Crippen LogP contribution is 2.30. The van der Waals surface area contributed by atoms with Crippen LogP contribution in [0.15, 0.2) is 4.34 Å². The molecule has 1 fully saturated rings. The predicted octanol–water partition coefficient (Wildman–Crippen LogP) is 1.00. The van der Waals surface area contributed by atoms with Crippen molar-refractivity contribution in [2.45, 2.75) is 48.9 Å². The predicted molar refractivity (Wildman–Crippen MR) is 76.0 cm³/mol. The molecule has 0 bridgehead atoms. The van der Waals surface area contributed by atoms with Crippen molar-refractivity contribution < 1.29 is 13.2 Å². The van der Waals surface area contributed by atoms with Gasteiger partial charge in [-0.1, -0.05) is 30.6 Å². The van der Waals surface area contributed by atoms with Crippen LogP contribution in [-0.4, -0.2) is 30.1 Å². The minimum atomic E-state index is -3.92. The fourth-order valence-electron chi connectivity index (χ4n) is 2.21. The first-order valence-corrected chi connectivity index (χ1v) is 8.73. The van der Waals surface area contributed by atoms with Crippen molar-refractivity contribution in [2.24, 2.45) is 0 Å². The van der Waals surface area contributed by atoms with E-state index in [1.54, 1.807) is 0 Å². The quantitative estimate of drug-likeness (QED) is 0.794. The highest BCUT2D eigenvalue weighted by Gasteiger charge is 2.38. The zero-order chi connectivity index (χ0) is 15.5. The molecule has 1 aromatic rings. The highest BCUT2D eigenvalue weighted by atomic mass is 32.2. The molecule has 21 heavy (non-hydrogen) atoms. The minimum absolute atomic E-state index is 0.109. The van der Waals surface area contributed by atoms with Crippen LogP contribution in [0, 0.1) is 11.3 Å². The van der Waals surface area contributed by atoms with Gasteiger partial charge in [0.05, 0.1) is 6.07 Å². The van der Waals surface area contributed by atoms with Crippen LogP contribution in [0.25, 0.3) is 0 Å². The minimum Gasteiger partial charge on any atom is -0.301 e. The van der Waals surface area contributed by atoms with Crippen molar-refractivity contribution >= 4 is 32.4 Å². The van der Waals surface area contributed by atoms with Gasteiger partial charge in [0.2, 0.25) is 15.4 Å². The molecule has 1 aliphatic rings. The molecule has 1 amide bonds. The van der Waals surface area contributed by atoms with Gasteiger partial charge in [-0.15, -0.1) is 10.2 Å². The summed E-state index contributed by atoms with van der Waals surface area (Å²) in [6.45, 7) is 1.29. The SMILES string of the molecule is CC(=O)Nc1nnc(S(=O)(=O)NC2(C#N)CCCCC2)s1. The molecular formula is C11H15N5O3S2. The van der Waals surface area contributed by atoms with Crippen LogP contribution in [0.1, 0.15) is 39.0 Å². The van der Waals surface area contributed by atoms with Gasteiger partial charge < -0.3 is 5.32 Å². The molecule has 0 unspecified atom stereocenters. The first-order chi connectivity index (χ1) is 9.87. The molecule has 0 atom stereocenters. The molecule has 0 radical (unpaired) electrons. The Morgan fingerprint density at radius 1 is 1.33 bits per heavy atom. The van der Waals surface area contributed by atoms with Crippen molar-refractivity contribution in [3.8, 4) is 6.07 Å². The Kier molecular flexibility index (Phi) is 4.55. The molecule has 0 saturated heterocycles. The molecule has 1 heterocycles. The molecule has 0 aliphatic heterocycles. The summed E-state index contributed by atoms with van der Waals surface area (Å²) in [5.41, 5.74) is -1.07. The number of sulfonamides is 1. The second kappa shape index (κ2) is 6.05. The maximum atomic E-state index is 12.3. The Balaban J connectivity index is 2.19. The Morgan fingerprint density at radius 2 is 2.00 bits per heavy atom. The third-order valence-corrected chi connectivity index (χ3v) is 5.91. The lowest BCUT2D eigenvalue weighted by Crippen LogP contribution is -2.48. The van der Waals surface area contributed by atoms with Gasteiger partial charge in [-0.05, 0) is 12.8 Å². The van der Waals surface area contributed by atoms with Gasteiger partial charge in [-0.25, -0.2) is 8.42 Å². The number of amides is 1. The summed E-state index contributed by atoms with van der Waals surface area (Å²) in [6, 6.07) is 2.08. The second-order valence-electron chi connectivity index (χ2n) is 4.91. The summed E-state index contributed by atoms with van der Waals surface area (Å²) >= 11 is 0.752. The van der Waals surface area contributed by atoms with Crippen LogP contribution in [0.3, 0.4) is 0 Å². The molecule has 1 aromatic heterocycles. The Labute approximate surface area is 126 Å². The molecule has 1 aliphatic carbocycles. The van der Waals surface area contributed by atoms with Crippen molar-refractivity contribution in [1.29, 1.82) is 5.26 Å². The summed E-state index contributed by atoms with van der Waals surface area (Å²) < 4.78 is 26.8. The van der Waals surface area contributed by atoms with E-state index in [1.165, 1.54) is 6.92 Å². The van der Waals surface area contributed by atoms with E-state index in [9.17, 15) is 18.5 Å². The van der Waals surface area contributed by atoms with Crippen molar-refractivity contribution in [2.75, 3.05) is 5.32 Å². The number of nitriles is 1. The highest BCUT2D eigenvalue weighted by molar-refractivity contribution is 7.91. The number of nitrogens with one attached hydrogen (secondary N) is 2. The molecule has 0 aromatic carbocycles. The third kappa shape index (κ3) is 3.75. The lowest BCUT2D eigenvalue weighted by Gasteiger charge is -2.30. The van der Waals surface area contributed by atoms with E-state index >= 15 is 0 Å². The van der Waals surface area contributed by atoms with Gasteiger partial charge in [0.25, 0.3) is 10.0 Å². The molecule has 2 rings (SSSR count). The number of rotatable bonds is 4. The second-order valence-corrected chi connectivity index (χ2v) is 7.75. The molecule has 2 N–H and O–H groups in total. The van der Waals surface area contributed by atoms with Crippen molar-refractivity contribution in [3.05, 3.63) is 0 Å². The lowest BCUT2D eigenvalue weighted by atomic mass is 9.84. The number of anilines is 1. The maximum absolute atomic E-state index is 12.3. The first-order valence-electron chi connectivity index (χ1n) is 6.43. The molecule has 8 nitrogen and oxygen atoms in total. The number of aromatic nitrogens is 2. The number of hydrogen-bond donors (Lipinski definition) is 2. The van der Waals surface area contributed by atoms with E-state index in [2.05, 4.69) is 26.3 Å². The van der Waals surface area contributed by atoms with Crippen LogP contribution < -0.4 is 10.0 Å². The van der Waals surface area contributed by atoms with Crippen LogP contribution in [0.2, 0.25) is 0 Å². The molecule has 1 saturated carbocycles. The van der Waals surface area contributed by atoms with Crippen LogP contribution in [0.4, 0.5) is 5.13 Å².